The number of carbonyl (C=O) groups excluding carboxylic acids is 2. The molecule has 0 heterocycles. The van der Waals surface area contributed by atoms with E-state index in [1.54, 1.807) is 36.1 Å². The Kier molecular flexibility index (Phi) is 10.9. The Labute approximate surface area is 230 Å². The first-order chi connectivity index (χ1) is 18.2. The summed E-state index contributed by atoms with van der Waals surface area (Å²) >= 11 is 6.06. The summed E-state index contributed by atoms with van der Waals surface area (Å²) in [4.78, 5) is 28.9. The van der Waals surface area contributed by atoms with Crippen molar-refractivity contribution in [1.29, 1.82) is 0 Å². The molecule has 0 saturated carbocycles. The zero-order chi connectivity index (χ0) is 27.5. The Bertz CT molecular complexity index is 1300. The van der Waals surface area contributed by atoms with Gasteiger partial charge in [0.15, 0.2) is 0 Å². The number of nitrogens with zero attached hydrogens (tertiary/aromatic N) is 1. The predicted molar refractivity (Wildman–Crippen MR) is 150 cm³/mol. The van der Waals surface area contributed by atoms with Crippen LogP contribution in [0.4, 0.5) is 0 Å². The van der Waals surface area contributed by atoms with Crippen LogP contribution in [0.15, 0.2) is 83.8 Å². The summed E-state index contributed by atoms with van der Waals surface area (Å²) < 4.78 is 26.9. The third-order valence-electron chi connectivity index (χ3n) is 6.01. The molecule has 0 radical (unpaired) electrons. The zero-order valence-electron chi connectivity index (χ0n) is 21.7. The Morgan fingerprint density at radius 1 is 0.895 bits per heavy atom. The van der Waals surface area contributed by atoms with Gasteiger partial charge >= 0.3 is 0 Å². The van der Waals surface area contributed by atoms with Crippen LogP contribution in [0, 0.1) is 0 Å². The van der Waals surface area contributed by atoms with E-state index in [9.17, 15) is 18.0 Å². The topological polar surface area (TPSA) is 95.6 Å². The van der Waals surface area contributed by atoms with Gasteiger partial charge in [-0.05, 0) is 53.8 Å². The van der Waals surface area contributed by atoms with Crippen LogP contribution in [0.3, 0.4) is 0 Å². The van der Waals surface area contributed by atoms with E-state index in [2.05, 4.69) is 10.0 Å². The van der Waals surface area contributed by atoms with E-state index in [0.29, 0.717) is 24.5 Å². The first-order valence-electron chi connectivity index (χ1n) is 12.7. The van der Waals surface area contributed by atoms with Gasteiger partial charge in [-0.3, -0.25) is 9.59 Å². The van der Waals surface area contributed by atoms with Gasteiger partial charge in [0.05, 0.1) is 4.90 Å². The average Bonchev–Trinajstić information content (AvgIpc) is 2.92. The van der Waals surface area contributed by atoms with Crippen LogP contribution in [-0.2, 0) is 32.6 Å². The van der Waals surface area contributed by atoms with Crippen molar-refractivity contribution in [3.05, 3.63) is 101 Å². The summed E-state index contributed by atoms with van der Waals surface area (Å²) in [5, 5.41) is 3.54. The fourth-order valence-electron chi connectivity index (χ4n) is 4.07. The second-order valence-electron chi connectivity index (χ2n) is 8.90. The molecule has 0 aliphatic carbocycles. The Morgan fingerprint density at radius 2 is 1.53 bits per heavy atom. The Hall–Kier alpha value is -3.20. The van der Waals surface area contributed by atoms with Crippen LogP contribution in [0.25, 0.3) is 0 Å². The van der Waals surface area contributed by atoms with Crippen molar-refractivity contribution in [3.63, 3.8) is 0 Å². The summed E-state index contributed by atoms with van der Waals surface area (Å²) in [6.45, 7) is 4.74. The van der Waals surface area contributed by atoms with Gasteiger partial charge in [0, 0.05) is 31.1 Å². The van der Waals surface area contributed by atoms with E-state index < -0.39 is 16.1 Å². The van der Waals surface area contributed by atoms with Crippen LogP contribution in [-0.4, -0.2) is 38.2 Å². The van der Waals surface area contributed by atoms with Crippen molar-refractivity contribution >= 4 is 33.4 Å². The van der Waals surface area contributed by atoms with Crippen molar-refractivity contribution in [2.24, 2.45) is 0 Å². The molecule has 7 nitrogen and oxygen atoms in total. The second-order valence-corrected chi connectivity index (χ2v) is 11.1. The molecule has 202 valence electrons. The van der Waals surface area contributed by atoms with E-state index in [4.69, 9.17) is 11.6 Å². The molecule has 1 atom stereocenters. The molecule has 9 heteroatoms. The molecule has 0 saturated heterocycles. The highest BCUT2D eigenvalue weighted by atomic mass is 35.5. The minimum Gasteiger partial charge on any atom is -0.354 e. The maximum atomic E-state index is 13.7. The molecule has 0 aromatic heterocycles. The summed E-state index contributed by atoms with van der Waals surface area (Å²) in [5.74, 6) is -0.428. The summed E-state index contributed by atoms with van der Waals surface area (Å²) in [6, 6.07) is 22.2. The average molecular weight is 556 g/mol. The minimum absolute atomic E-state index is 0.150. The minimum atomic E-state index is -3.55. The summed E-state index contributed by atoms with van der Waals surface area (Å²) in [6.07, 6.45) is 1.32. The van der Waals surface area contributed by atoms with E-state index in [1.807, 2.05) is 49.4 Å². The normalized spacial score (nSPS) is 12.1. The highest BCUT2D eigenvalue weighted by Crippen LogP contribution is 2.26. The molecule has 2 amide bonds. The molecule has 0 spiro atoms. The predicted octanol–water partition coefficient (Wildman–Crippen LogP) is 4.87. The van der Waals surface area contributed by atoms with Gasteiger partial charge in [0.1, 0.15) is 6.04 Å². The first-order valence-corrected chi connectivity index (χ1v) is 14.6. The van der Waals surface area contributed by atoms with Crippen LogP contribution in [0.2, 0.25) is 5.02 Å². The molecule has 3 rings (SSSR count). The SMILES string of the molecule is CCCNC(=O)[C@@H](c1ccccc1)N(Cc1ccc(Cl)cc1)C(=O)CCc1ccc(S(=O)(=O)NCC)cc1. The van der Waals surface area contributed by atoms with E-state index >= 15 is 0 Å². The lowest BCUT2D eigenvalue weighted by atomic mass is 10.0. The molecule has 3 aromatic rings. The second kappa shape index (κ2) is 14.1. The molecule has 0 unspecified atom stereocenters. The highest BCUT2D eigenvalue weighted by molar-refractivity contribution is 7.89. The third-order valence-corrected chi connectivity index (χ3v) is 7.82. The lowest BCUT2D eigenvalue weighted by molar-refractivity contribution is -0.141. The fraction of sp³-hybridized carbons (Fsp3) is 0.310. The smallest absolute Gasteiger partial charge is 0.247 e. The number of rotatable bonds is 13. The molecule has 0 aliphatic rings. The number of nitrogens with one attached hydrogen (secondary N) is 2. The molecule has 0 aliphatic heterocycles. The largest absolute Gasteiger partial charge is 0.354 e. The van der Waals surface area contributed by atoms with Crippen molar-refractivity contribution < 1.29 is 18.0 Å². The van der Waals surface area contributed by atoms with Crippen molar-refractivity contribution in [3.8, 4) is 0 Å². The molecule has 38 heavy (non-hydrogen) atoms. The fourth-order valence-corrected chi connectivity index (χ4v) is 5.23. The van der Waals surface area contributed by atoms with Crippen LogP contribution >= 0.6 is 11.6 Å². The van der Waals surface area contributed by atoms with Crippen molar-refractivity contribution in [1.82, 2.24) is 14.9 Å². The van der Waals surface area contributed by atoms with Crippen molar-refractivity contribution in [2.75, 3.05) is 13.1 Å². The quantitative estimate of drug-likeness (QED) is 0.314. The van der Waals surface area contributed by atoms with Crippen LogP contribution < -0.4 is 10.0 Å². The molecular formula is C29H34ClN3O4S. The van der Waals surface area contributed by atoms with Gasteiger partial charge < -0.3 is 10.2 Å². The summed E-state index contributed by atoms with van der Waals surface area (Å²) in [5.41, 5.74) is 2.40. The number of carbonyl (C=O) groups is 2. The first kappa shape index (κ1) is 29.4. The number of sulfonamides is 1. The molecule has 3 aromatic carbocycles. The third kappa shape index (κ3) is 8.15. The lowest BCUT2D eigenvalue weighted by Gasteiger charge is -2.32. The Balaban J connectivity index is 1.87. The van der Waals surface area contributed by atoms with Crippen LogP contribution in [0.5, 0.6) is 0 Å². The maximum absolute atomic E-state index is 13.7. The number of hydrogen-bond donors (Lipinski definition) is 2. The van der Waals surface area contributed by atoms with Crippen LogP contribution in [0.1, 0.15) is 49.4 Å². The lowest BCUT2D eigenvalue weighted by Crippen LogP contribution is -2.43. The monoisotopic (exact) mass is 555 g/mol. The number of hydrogen-bond acceptors (Lipinski definition) is 4. The Morgan fingerprint density at radius 3 is 2.13 bits per heavy atom. The van der Waals surface area contributed by atoms with Gasteiger partial charge in [-0.25, -0.2) is 13.1 Å². The molecule has 2 N–H and O–H groups in total. The number of benzene rings is 3. The van der Waals surface area contributed by atoms with Gasteiger partial charge in [-0.15, -0.1) is 0 Å². The standard InChI is InChI=1S/C29H34ClN3O4S/c1-3-20-31-29(35)28(24-8-6-5-7-9-24)33(21-23-10-15-25(30)16-11-23)27(34)19-14-22-12-17-26(18-13-22)38(36,37)32-4-2/h5-13,15-18,28,32H,3-4,14,19-21H2,1-2H3,(H,31,35)/t28-/m1/s1. The molecule has 0 bridgehead atoms. The van der Waals surface area contributed by atoms with Gasteiger partial charge in [-0.2, -0.15) is 0 Å². The molecule has 0 fully saturated rings. The summed E-state index contributed by atoms with van der Waals surface area (Å²) in [7, 11) is -3.55. The van der Waals surface area contributed by atoms with Gasteiger partial charge in [0.25, 0.3) is 0 Å². The maximum Gasteiger partial charge on any atom is 0.247 e. The number of amides is 2. The zero-order valence-corrected chi connectivity index (χ0v) is 23.3. The number of halogens is 1. The van der Waals surface area contributed by atoms with E-state index in [-0.39, 0.29) is 29.7 Å². The number of aryl methyl sites for hydroxylation is 1. The van der Waals surface area contributed by atoms with E-state index in [1.165, 1.54) is 12.1 Å². The van der Waals surface area contributed by atoms with Gasteiger partial charge in [-0.1, -0.05) is 80.0 Å². The van der Waals surface area contributed by atoms with Gasteiger partial charge in [0.2, 0.25) is 21.8 Å². The van der Waals surface area contributed by atoms with E-state index in [0.717, 1.165) is 23.1 Å². The van der Waals surface area contributed by atoms with Crippen molar-refractivity contribution in [2.45, 2.75) is 50.6 Å². The highest BCUT2D eigenvalue weighted by Gasteiger charge is 2.31. The molecular weight excluding hydrogens is 522 g/mol.